The number of rotatable bonds is 17. The fraction of sp³-hybridized carbons (Fsp3) is 0.510. The predicted molar refractivity (Wildman–Crippen MR) is 248 cm³/mol. The molecule has 3 heterocycles. The average Bonchev–Trinajstić information content (AvgIpc) is 3.95. The maximum atomic E-state index is 13.2. The fourth-order valence-corrected chi connectivity index (χ4v) is 9.60. The van der Waals surface area contributed by atoms with Crippen molar-refractivity contribution < 1.29 is 9.90 Å². The van der Waals surface area contributed by atoms with Crippen LogP contribution in [0.3, 0.4) is 0 Å². The van der Waals surface area contributed by atoms with Gasteiger partial charge in [-0.15, -0.1) is 0 Å². The molecular formula is C51H72N6O2. The molecule has 0 aliphatic carbocycles. The second kappa shape index (κ2) is 18.2. The molecule has 59 heavy (non-hydrogen) atoms. The van der Waals surface area contributed by atoms with Crippen LogP contribution in [0.25, 0.3) is 0 Å². The first-order valence-electron chi connectivity index (χ1n) is 22.2. The Morgan fingerprint density at radius 3 is 0.898 bits per heavy atom. The van der Waals surface area contributed by atoms with Crippen LogP contribution < -0.4 is 14.7 Å². The zero-order valence-corrected chi connectivity index (χ0v) is 38.1. The highest BCUT2D eigenvalue weighted by molar-refractivity contribution is 5.69. The summed E-state index contributed by atoms with van der Waals surface area (Å²) in [7, 11) is 0. The predicted octanol–water partition coefficient (Wildman–Crippen LogP) is 11.9. The number of carboxylic acid groups (broad SMARTS) is 1. The number of benzene rings is 3. The lowest BCUT2D eigenvalue weighted by Crippen LogP contribution is -2.51. The first-order valence-corrected chi connectivity index (χ1v) is 22.2. The van der Waals surface area contributed by atoms with Crippen LogP contribution in [0.2, 0.25) is 0 Å². The Morgan fingerprint density at radius 2 is 0.695 bits per heavy atom. The number of hydrogen-bond donors (Lipinski definition) is 1. The van der Waals surface area contributed by atoms with Crippen LogP contribution >= 0.6 is 0 Å². The van der Waals surface area contributed by atoms with Crippen molar-refractivity contribution in [3.63, 3.8) is 0 Å². The van der Waals surface area contributed by atoms with E-state index in [1.807, 2.05) is 0 Å². The Morgan fingerprint density at radius 1 is 0.458 bits per heavy atom. The van der Waals surface area contributed by atoms with Gasteiger partial charge >= 0.3 is 5.97 Å². The van der Waals surface area contributed by atoms with E-state index in [0.717, 1.165) is 0 Å². The van der Waals surface area contributed by atoms with Crippen molar-refractivity contribution in [1.82, 2.24) is 14.7 Å². The monoisotopic (exact) mass is 801 g/mol. The third kappa shape index (κ3) is 9.63. The molecule has 0 fully saturated rings. The van der Waals surface area contributed by atoms with E-state index in [4.69, 9.17) is 0 Å². The molecule has 0 saturated heterocycles. The molecule has 8 nitrogen and oxygen atoms in total. The molecule has 8 heteroatoms. The Bertz CT molecular complexity index is 1730. The van der Waals surface area contributed by atoms with E-state index < -0.39 is 11.4 Å². The first kappa shape index (κ1) is 43.7. The summed E-state index contributed by atoms with van der Waals surface area (Å²) in [5.41, 5.74) is 11.3. The molecule has 0 bridgehead atoms. The zero-order valence-electron chi connectivity index (χ0n) is 38.1. The Hall–Kier alpha value is -4.85. The first-order chi connectivity index (χ1) is 28.0. The third-order valence-electron chi connectivity index (χ3n) is 12.4. The Balaban J connectivity index is 1.34. The van der Waals surface area contributed by atoms with Gasteiger partial charge in [0.25, 0.3) is 0 Å². The van der Waals surface area contributed by atoms with Gasteiger partial charge in [0.05, 0.1) is 26.4 Å². The van der Waals surface area contributed by atoms with E-state index in [2.05, 4.69) is 204 Å². The van der Waals surface area contributed by atoms with Crippen LogP contribution in [0.1, 0.15) is 158 Å². The SMILES string of the molecule is CC(C)c1cccc(C(C)C)c1N1C=CN(CC(CC(=O)O)(CN2C=CN(c3c(C(C)C)cccc3C(C)C)C2)CN2C=CN(c3c(C(C)C)cccc3C(C)C)C2)C1. The fourth-order valence-electron chi connectivity index (χ4n) is 9.60. The number of anilines is 3. The molecule has 0 unspecified atom stereocenters. The highest BCUT2D eigenvalue weighted by Gasteiger charge is 2.41. The molecule has 318 valence electrons. The Labute approximate surface area is 356 Å². The summed E-state index contributed by atoms with van der Waals surface area (Å²) in [5.74, 6) is 1.49. The van der Waals surface area contributed by atoms with E-state index in [9.17, 15) is 9.90 Å². The molecule has 0 aromatic heterocycles. The van der Waals surface area contributed by atoms with E-state index in [0.29, 0.717) is 75.1 Å². The molecule has 3 aliphatic heterocycles. The standard InChI is InChI=1S/C51H72N6O2/c1-35(2)41-16-13-17-42(36(3)4)48(41)55-25-22-52(32-55)29-51(28-47(58)59,30-53-23-26-56(33-53)49-43(37(5)6)18-14-19-44(49)38(7)8)31-54-24-27-57(34-54)50-45(39(9)10)20-15-21-46(50)40(11)12/h13-27,35-40H,28-34H2,1-12H3,(H,58,59). The van der Waals surface area contributed by atoms with Crippen LogP contribution in [0.5, 0.6) is 0 Å². The molecule has 1 N–H and O–H groups in total. The number of carbonyl (C=O) groups is 1. The zero-order chi connectivity index (χ0) is 42.8. The molecule has 3 aromatic rings. The van der Waals surface area contributed by atoms with Gasteiger partial charge in [-0.05, 0) is 68.9 Å². The molecule has 0 atom stereocenters. The molecule has 0 spiro atoms. The molecule has 0 radical (unpaired) electrons. The number of aliphatic carboxylic acids is 1. The lowest BCUT2D eigenvalue weighted by Gasteiger charge is -2.42. The van der Waals surface area contributed by atoms with Gasteiger partial charge in [-0.25, -0.2) is 0 Å². The van der Waals surface area contributed by atoms with Crippen molar-refractivity contribution in [2.75, 3.05) is 54.3 Å². The van der Waals surface area contributed by atoms with Crippen molar-refractivity contribution in [2.24, 2.45) is 5.41 Å². The molecule has 0 amide bonds. The van der Waals surface area contributed by atoms with E-state index in [1.165, 1.54) is 50.4 Å². The van der Waals surface area contributed by atoms with Gasteiger partial charge in [-0.3, -0.25) is 4.79 Å². The topological polar surface area (TPSA) is 56.7 Å². The van der Waals surface area contributed by atoms with Crippen LogP contribution in [0, 0.1) is 5.41 Å². The van der Waals surface area contributed by atoms with Gasteiger partial charge < -0.3 is 34.5 Å². The van der Waals surface area contributed by atoms with Gasteiger partial charge in [0.2, 0.25) is 0 Å². The molecule has 3 aliphatic rings. The number of hydrogen-bond acceptors (Lipinski definition) is 7. The minimum atomic E-state index is -0.767. The van der Waals surface area contributed by atoms with Crippen LogP contribution in [0.4, 0.5) is 17.1 Å². The van der Waals surface area contributed by atoms with E-state index in [-0.39, 0.29) is 6.42 Å². The maximum absolute atomic E-state index is 13.2. The van der Waals surface area contributed by atoms with Gasteiger partial charge in [-0.1, -0.05) is 138 Å². The summed E-state index contributed by atoms with van der Waals surface area (Å²) < 4.78 is 0. The average molecular weight is 801 g/mol. The van der Waals surface area contributed by atoms with Crippen molar-refractivity contribution in [3.05, 3.63) is 125 Å². The van der Waals surface area contributed by atoms with Crippen molar-refractivity contribution >= 4 is 23.0 Å². The summed E-state index contributed by atoms with van der Waals surface area (Å²) in [6, 6.07) is 20.1. The van der Waals surface area contributed by atoms with Gasteiger partial charge in [0, 0.05) is 79.3 Å². The third-order valence-corrected chi connectivity index (χ3v) is 12.4. The molecule has 3 aromatic carbocycles. The van der Waals surface area contributed by atoms with Gasteiger partial charge in [-0.2, -0.15) is 0 Å². The van der Waals surface area contributed by atoms with Crippen molar-refractivity contribution in [3.8, 4) is 0 Å². The second-order valence-corrected chi connectivity index (χ2v) is 19.3. The number of para-hydroxylation sites is 3. The lowest BCUT2D eigenvalue weighted by atomic mass is 9.82. The molecular weight excluding hydrogens is 729 g/mol. The second-order valence-electron chi connectivity index (χ2n) is 19.3. The van der Waals surface area contributed by atoms with Crippen molar-refractivity contribution in [2.45, 2.75) is 125 Å². The normalized spacial score (nSPS) is 15.8. The highest BCUT2D eigenvalue weighted by Crippen LogP contribution is 2.42. The van der Waals surface area contributed by atoms with Crippen LogP contribution in [0.15, 0.2) is 91.8 Å². The molecule has 6 rings (SSSR count). The smallest absolute Gasteiger partial charge is 0.304 e. The quantitative estimate of drug-likeness (QED) is 0.145. The summed E-state index contributed by atoms with van der Waals surface area (Å²) in [5, 5.41) is 10.8. The highest BCUT2D eigenvalue weighted by atomic mass is 16.4. The summed E-state index contributed by atoms with van der Waals surface area (Å²) in [4.78, 5) is 27.4. The lowest BCUT2D eigenvalue weighted by molar-refractivity contribution is -0.140. The maximum Gasteiger partial charge on any atom is 0.304 e. The van der Waals surface area contributed by atoms with E-state index >= 15 is 0 Å². The minimum Gasteiger partial charge on any atom is -0.481 e. The Kier molecular flexibility index (Phi) is 13.5. The number of nitrogens with zero attached hydrogens (tertiary/aromatic N) is 6. The largest absolute Gasteiger partial charge is 0.481 e. The number of carboxylic acids is 1. The van der Waals surface area contributed by atoms with Crippen LogP contribution in [-0.2, 0) is 4.79 Å². The summed E-state index contributed by atoms with van der Waals surface area (Å²) in [6.45, 7) is 31.1. The minimum absolute atomic E-state index is 0.0471. The summed E-state index contributed by atoms with van der Waals surface area (Å²) in [6.07, 6.45) is 13.2. The van der Waals surface area contributed by atoms with E-state index in [1.54, 1.807) is 0 Å². The van der Waals surface area contributed by atoms with Crippen molar-refractivity contribution in [1.29, 1.82) is 0 Å². The van der Waals surface area contributed by atoms with Crippen LogP contribution in [-0.4, -0.2) is 65.4 Å². The van der Waals surface area contributed by atoms with Gasteiger partial charge in [0.15, 0.2) is 0 Å². The van der Waals surface area contributed by atoms with Gasteiger partial charge in [0.1, 0.15) is 0 Å². The summed E-state index contributed by atoms with van der Waals surface area (Å²) >= 11 is 0. The molecule has 0 saturated carbocycles.